The van der Waals surface area contributed by atoms with Crippen LogP contribution in [-0.4, -0.2) is 55.5 Å². The second kappa shape index (κ2) is 9.42. The molecule has 2 N–H and O–H groups in total. The van der Waals surface area contributed by atoms with Gasteiger partial charge >= 0.3 is 0 Å². The van der Waals surface area contributed by atoms with E-state index >= 15 is 0 Å². The number of carbonyl (C=O) groups is 1. The van der Waals surface area contributed by atoms with Crippen LogP contribution < -0.4 is 5.73 Å². The minimum absolute atomic E-state index is 0.111. The molecule has 0 saturated carbocycles. The summed E-state index contributed by atoms with van der Waals surface area (Å²) in [6.45, 7) is 6.71. The van der Waals surface area contributed by atoms with E-state index in [0.717, 1.165) is 45.3 Å². The number of hydrogen-bond donors (Lipinski definition) is 1. The summed E-state index contributed by atoms with van der Waals surface area (Å²) in [5.41, 5.74) is 5.91. The minimum Gasteiger partial charge on any atom is -0.342 e. The van der Waals surface area contributed by atoms with E-state index in [2.05, 4.69) is 11.8 Å². The molecule has 0 rings (SSSR count). The van der Waals surface area contributed by atoms with Crippen molar-refractivity contribution in [1.82, 2.24) is 9.80 Å². The quantitative estimate of drug-likeness (QED) is 0.664. The highest BCUT2D eigenvalue weighted by Gasteiger charge is 2.18. The van der Waals surface area contributed by atoms with Crippen molar-refractivity contribution in [1.29, 1.82) is 0 Å². The Kier molecular flexibility index (Phi) is 9.09. The summed E-state index contributed by atoms with van der Waals surface area (Å²) in [5, 5.41) is 0. The molecule has 0 spiro atoms. The fourth-order valence-corrected chi connectivity index (χ4v) is 1.78. The van der Waals surface area contributed by atoms with Crippen molar-refractivity contribution < 1.29 is 4.79 Å². The van der Waals surface area contributed by atoms with Gasteiger partial charge < -0.3 is 15.5 Å². The van der Waals surface area contributed by atoms with Crippen molar-refractivity contribution in [2.24, 2.45) is 5.73 Å². The number of nitrogens with two attached hydrogens (primary N) is 1. The van der Waals surface area contributed by atoms with Crippen molar-refractivity contribution in [3.63, 3.8) is 0 Å². The van der Waals surface area contributed by atoms with Crippen molar-refractivity contribution in [2.75, 3.05) is 33.7 Å². The molecule has 1 unspecified atom stereocenters. The smallest absolute Gasteiger partial charge is 0.239 e. The molecule has 0 saturated heterocycles. The second-order valence-corrected chi connectivity index (χ2v) is 4.82. The SMILES string of the molecule is CCCCC(N)C(=O)N(CC)CCCN(C)C. The molecule has 0 aromatic carbocycles. The molecule has 0 radical (unpaired) electrons. The van der Waals surface area contributed by atoms with Crippen molar-refractivity contribution in [2.45, 2.75) is 45.6 Å². The van der Waals surface area contributed by atoms with Crippen LogP contribution in [0.5, 0.6) is 0 Å². The molecule has 0 aliphatic rings. The van der Waals surface area contributed by atoms with Crippen LogP contribution in [0.15, 0.2) is 0 Å². The maximum absolute atomic E-state index is 12.0. The number of carbonyl (C=O) groups excluding carboxylic acids is 1. The average Bonchev–Trinajstić information content (AvgIpc) is 2.30. The molecule has 4 heteroatoms. The molecule has 0 aliphatic carbocycles. The average molecular weight is 243 g/mol. The molecule has 1 amide bonds. The van der Waals surface area contributed by atoms with E-state index in [1.54, 1.807) is 0 Å². The third kappa shape index (κ3) is 7.34. The standard InChI is InChI=1S/C13H29N3O/c1-5-7-9-12(14)13(17)16(6-2)11-8-10-15(3)4/h12H,5-11,14H2,1-4H3. The van der Waals surface area contributed by atoms with E-state index in [1.165, 1.54) is 0 Å². The van der Waals surface area contributed by atoms with Gasteiger partial charge in [-0.2, -0.15) is 0 Å². The summed E-state index contributed by atoms with van der Waals surface area (Å²) in [7, 11) is 4.09. The topological polar surface area (TPSA) is 49.6 Å². The van der Waals surface area contributed by atoms with Crippen LogP contribution >= 0.6 is 0 Å². The Morgan fingerprint density at radius 1 is 1.18 bits per heavy atom. The van der Waals surface area contributed by atoms with Gasteiger partial charge in [0.25, 0.3) is 0 Å². The highest BCUT2D eigenvalue weighted by Crippen LogP contribution is 2.03. The Hall–Kier alpha value is -0.610. The molecule has 0 aromatic heterocycles. The summed E-state index contributed by atoms with van der Waals surface area (Å²) in [6.07, 6.45) is 3.93. The molecular weight excluding hydrogens is 214 g/mol. The third-order valence-electron chi connectivity index (χ3n) is 2.91. The van der Waals surface area contributed by atoms with Gasteiger partial charge in [0, 0.05) is 13.1 Å². The number of nitrogens with zero attached hydrogens (tertiary/aromatic N) is 2. The van der Waals surface area contributed by atoms with E-state index in [4.69, 9.17) is 5.73 Å². The highest BCUT2D eigenvalue weighted by molar-refractivity contribution is 5.81. The van der Waals surface area contributed by atoms with Gasteiger partial charge in [0.2, 0.25) is 5.91 Å². The fraction of sp³-hybridized carbons (Fsp3) is 0.923. The molecule has 17 heavy (non-hydrogen) atoms. The van der Waals surface area contributed by atoms with Crippen molar-refractivity contribution >= 4 is 5.91 Å². The lowest BCUT2D eigenvalue weighted by Crippen LogP contribution is -2.44. The van der Waals surface area contributed by atoms with Crippen LogP contribution in [-0.2, 0) is 4.79 Å². The molecular formula is C13H29N3O. The molecule has 102 valence electrons. The molecule has 1 atom stereocenters. The Bertz CT molecular complexity index is 207. The molecule has 0 fully saturated rings. The van der Waals surface area contributed by atoms with Gasteiger partial charge in [0.1, 0.15) is 0 Å². The zero-order valence-corrected chi connectivity index (χ0v) is 11.9. The van der Waals surface area contributed by atoms with Crippen LogP contribution in [0.25, 0.3) is 0 Å². The van der Waals surface area contributed by atoms with Gasteiger partial charge in [-0.05, 0) is 40.4 Å². The van der Waals surface area contributed by atoms with E-state index in [0.29, 0.717) is 0 Å². The lowest BCUT2D eigenvalue weighted by molar-refractivity contribution is -0.132. The van der Waals surface area contributed by atoms with Crippen molar-refractivity contribution in [3.05, 3.63) is 0 Å². The Balaban J connectivity index is 4.01. The number of hydrogen-bond acceptors (Lipinski definition) is 3. The zero-order valence-electron chi connectivity index (χ0n) is 11.9. The van der Waals surface area contributed by atoms with E-state index in [-0.39, 0.29) is 11.9 Å². The first kappa shape index (κ1) is 16.4. The summed E-state index contributed by atoms with van der Waals surface area (Å²) < 4.78 is 0. The molecule has 0 aromatic rings. The summed E-state index contributed by atoms with van der Waals surface area (Å²) in [5.74, 6) is 0.111. The Morgan fingerprint density at radius 2 is 1.82 bits per heavy atom. The first-order valence-corrected chi connectivity index (χ1v) is 6.72. The molecule has 0 aliphatic heterocycles. The molecule has 0 heterocycles. The number of likely N-dealkylation sites (N-methyl/N-ethyl adjacent to an activating group) is 1. The lowest BCUT2D eigenvalue weighted by atomic mass is 10.1. The first-order valence-electron chi connectivity index (χ1n) is 6.72. The summed E-state index contributed by atoms with van der Waals surface area (Å²) in [4.78, 5) is 16.1. The van der Waals surface area contributed by atoms with Crippen LogP contribution in [0.4, 0.5) is 0 Å². The molecule has 4 nitrogen and oxygen atoms in total. The predicted octanol–water partition coefficient (Wildman–Crippen LogP) is 1.30. The van der Waals surface area contributed by atoms with E-state index in [1.807, 2.05) is 25.9 Å². The second-order valence-electron chi connectivity index (χ2n) is 4.82. The lowest BCUT2D eigenvalue weighted by Gasteiger charge is -2.25. The normalized spacial score (nSPS) is 12.8. The number of amides is 1. The van der Waals surface area contributed by atoms with Gasteiger partial charge in [-0.3, -0.25) is 4.79 Å². The van der Waals surface area contributed by atoms with Gasteiger partial charge in [-0.1, -0.05) is 19.8 Å². The molecule has 0 bridgehead atoms. The highest BCUT2D eigenvalue weighted by atomic mass is 16.2. The Labute approximate surface area is 106 Å². The monoisotopic (exact) mass is 243 g/mol. The zero-order chi connectivity index (χ0) is 13.3. The number of unbranched alkanes of at least 4 members (excludes halogenated alkanes) is 1. The van der Waals surface area contributed by atoms with E-state index < -0.39 is 0 Å². The third-order valence-corrected chi connectivity index (χ3v) is 2.91. The fourth-order valence-electron chi connectivity index (χ4n) is 1.78. The van der Waals surface area contributed by atoms with Crippen LogP contribution in [0.1, 0.15) is 39.5 Å². The Morgan fingerprint density at radius 3 is 2.29 bits per heavy atom. The van der Waals surface area contributed by atoms with Gasteiger partial charge in [-0.15, -0.1) is 0 Å². The van der Waals surface area contributed by atoms with Crippen molar-refractivity contribution in [3.8, 4) is 0 Å². The van der Waals surface area contributed by atoms with E-state index in [9.17, 15) is 4.79 Å². The maximum atomic E-state index is 12.0. The summed E-state index contributed by atoms with van der Waals surface area (Å²) in [6, 6.07) is -0.311. The largest absolute Gasteiger partial charge is 0.342 e. The van der Waals surface area contributed by atoms with Crippen LogP contribution in [0.2, 0.25) is 0 Å². The number of rotatable bonds is 9. The minimum atomic E-state index is -0.311. The summed E-state index contributed by atoms with van der Waals surface area (Å²) >= 11 is 0. The van der Waals surface area contributed by atoms with Crippen LogP contribution in [0.3, 0.4) is 0 Å². The maximum Gasteiger partial charge on any atom is 0.239 e. The van der Waals surface area contributed by atoms with Gasteiger partial charge in [-0.25, -0.2) is 0 Å². The van der Waals surface area contributed by atoms with Crippen LogP contribution in [0, 0.1) is 0 Å². The first-order chi connectivity index (χ1) is 8.02. The van der Waals surface area contributed by atoms with Gasteiger partial charge in [0.15, 0.2) is 0 Å². The predicted molar refractivity (Wildman–Crippen MR) is 72.9 cm³/mol. The van der Waals surface area contributed by atoms with Gasteiger partial charge in [0.05, 0.1) is 6.04 Å².